The Morgan fingerprint density at radius 3 is 2.66 bits per heavy atom. The zero-order valence-electron chi connectivity index (χ0n) is 15.5. The van der Waals surface area contributed by atoms with Crippen LogP contribution in [0.25, 0.3) is 0 Å². The van der Waals surface area contributed by atoms with Gasteiger partial charge in [-0.1, -0.05) is 47.5 Å². The molecule has 1 N–H and O–H groups in total. The van der Waals surface area contributed by atoms with Crippen molar-refractivity contribution in [2.45, 2.75) is 13.5 Å². The van der Waals surface area contributed by atoms with Crippen LogP contribution in [0, 0.1) is 6.92 Å². The topological polar surface area (TPSA) is 50.7 Å². The molecule has 0 aliphatic carbocycles. The molecule has 7 heteroatoms. The number of hydrazone groups is 1. The third-order valence-electron chi connectivity index (χ3n) is 4.12. The van der Waals surface area contributed by atoms with Gasteiger partial charge in [0, 0.05) is 21.2 Å². The Bertz CT molecular complexity index is 1070. The molecule has 0 aliphatic heterocycles. The van der Waals surface area contributed by atoms with E-state index in [1.807, 2.05) is 49.4 Å². The summed E-state index contributed by atoms with van der Waals surface area (Å²) in [4.78, 5) is 12.2. The molecule has 0 unspecified atom stereocenters. The van der Waals surface area contributed by atoms with Crippen LogP contribution in [0.15, 0.2) is 70.2 Å². The van der Waals surface area contributed by atoms with Crippen LogP contribution in [0.1, 0.15) is 27.0 Å². The second-order valence-corrected chi connectivity index (χ2v) is 7.93. The monoisotopic (exact) mass is 490 g/mol. The van der Waals surface area contributed by atoms with Crippen molar-refractivity contribution < 1.29 is 9.53 Å². The number of hydrogen-bond donors (Lipinski definition) is 1. The van der Waals surface area contributed by atoms with Gasteiger partial charge in [0.2, 0.25) is 0 Å². The van der Waals surface area contributed by atoms with Crippen LogP contribution in [0.2, 0.25) is 10.0 Å². The first-order valence-electron chi connectivity index (χ1n) is 8.69. The molecule has 3 aromatic carbocycles. The third kappa shape index (κ3) is 5.82. The number of amides is 1. The lowest BCUT2D eigenvalue weighted by atomic mass is 10.1. The summed E-state index contributed by atoms with van der Waals surface area (Å²) in [6.45, 7) is 2.19. The molecule has 1 amide bonds. The standard InChI is InChI=1S/C22H17BrCl2N2O2/c1-14-4-2-3-5-18(14)22(28)27-26-12-15-6-9-21(19(23)10-15)29-13-16-7-8-17(24)11-20(16)25/h2-12H,13H2,1H3,(H,27,28)/b26-12-. The molecular formula is C22H17BrCl2N2O2. The lowest BCUT2D eigenvalue weighted by Crippen LogP contribution is -2.18. The normalized spacial score (nSPS) is 10.9. The SMILES string of the molecule is Cc1ccccc1C(=O)N/N=C\c1ccc(OCc2ccc(Cl)cc2Cl)c(Br)c1. The summed E-state index contributed by atoms with van der Waals surface area (Å²) < 4.78 is 6.58. The van der Waals surface area contributed by atoms with Gasteiger partial charge in [-0.2, -0.15) is 5.10 Å². The molecule has 0 aromatic heterocycles. The van der Waals surface area contributed by atoms with Crippen LogP contribution in [-0.2, 0) is 6.61 Å². The number of nitrogens with one attached hydrogen (secondary N) is 1. The van der Waals surface area contributed by atoms with E-state index < -0.39 is 0 Å². The van der Waals surface area contributed by atoms with Crippen LogP contribution in [0.4, 0.5) is 0 Å². The van der Waals surface area contributed by atoms with Crippen molar-refractivity contribution >= 4 is 51.3 Å². The minimum absolute atomic E-state index is 0.252. The molecule has 0 atom stereocenters. The summed E-state index contributed by atoms with van der Waals surface area (Å²) in [6.07, 6.45) is 1.57. The number of benzene rings is 3. The molecule has 0 spiro atoms. The number of carbonyl (C=O) groups excluding carboxylic acids is 1. The Morgan fingerprint density at radius 1 is 1.14 bits per heavy atom. The number of aryl methyl sites for hydroxylation is 1. The minimum Gasteiger partial charge on any atom is -0.488 e. The Kier molecular flexibility index (Phi) is 7.31. The van der Waals surface area contributed by atoms with E-state index in [4.69, 9.17) is 27.9 Å². The van der Waals surface area contributed by atoms with Gasteiger partial charge >= 0.3 is 0 Å². The second-order valence-electron chi connectivity index (χ2n) is 6.23. The van der Waals surface area contributed by atoms with Crippen molar-refractivity contribution in [3.8, 4) is 5.75 Å². The molecule has 0 radical (unpaired) electrons. The van der Waals surface area contributed by atoms with E-state index in [0.29, 0.717) is 28.0 Å². The fourth-order valence-corrected chi connectivity index (χ4v) is 3.54. The Morgan fingerprint density at radius 2 is 1.93 bits per heavy atom. The number of ether oxygens (including phenoxy) is 1. The summed E-state index contributed by atoms with van der Waals surface area (Å²) in [5.74, 6) is 0.412. The third-order valence-corrected chi connectivity index (χ3v) is 5.33. The fourth-order valence-electron chi connectivity index (χ4n) is 2.56. The summed E-state index contributed by atoms with van der Waals surface area (Å²) in [5, 5.41) is 5.17. The smallest absolute Gasteiger partial charge is 0.271 e. The first-order chi connectivity index (χ1) is 13.9. The highest BCUT2D eigenvalue weighted by molar-refractivity contribution is 9.10. The largest absolute Gasteiger partial charge is 0.488 e. The van der Waals surface area contributed by atoms with Gasteiger partial charge in [0.05, 0.1) is 10.7 Å². The summed E-state index contributed by atoms with van der Waals surface area (Å²) in [6, 6.07) is 18.1. The first-order valence-corrected chi connectivity index (χ1v) is 10.2. The second kappa shape index (κ2) is 9.92. The first kappa shape index (κ1) is 21.4. The molecule has 3 aromatic rings. The molecular weight excluding hydrogens is 475 g/mol. The van der Waals surface area contributed by atoms with Gasteiger partial charge in [0.15, 0.2) is 0 Å². The molecule has 0 bridgehead atoms. The van der Waals surface area contributed by atoms with E-state index in [1.54, 1.807) is 24.4 Å². The predicted octanol–water partition coefficient (Wildman–Crippen LogP) is 6.41. The van der Waals surface area contributed by atoms with Gasteiger partial charge in [-0.15, -0.1) is 0 Å². The van der Waals surface area contributed by atoms with Crippen LogP contribution >= 0.6 is 39.1 Å². The van der Waals surface area contributed by atoms with E-state index in [2.05, 4.69) is 26.5 Å². The van der Waals surface area contributed by atoms with Crippen molar-refractivity contribution in [1.29, 1.82) is 0 Å². The van der Waals surface area contributed by atoms with Crippen molar-refractivity contribution in [3.05, 3.63) is 97.4 Å². The highest BCUT2D eigenvalue weighted by atomic mass is 79.9. The maximum absolute atomic E-state index is 12.2. The Balaban J connectivity index is 1.61. The number of nitrogens with zero attached hydrogens (tertiary/aromatic N) is 1. The maximum atomic E-state index is 12.2. The zero-order valence-corrected chi connectivity index (χ0v) is 18.6. The van der Waals surface area contributed by atoms with E-state index in [0.717, 1.165) is 21.2 Å². The Labute approximate surface area is 187 Å². The zero-order chi connectivity index (χ0) is 20.8. The van der Waals surface area contributed by atoms with E-state index in [1.165, 1.54) is 0 Å². The molecule has 0 heterocycles. The number of hydrogen-bond acceptors (Lipinski definition) is 3. The van der Waals surface area contributed by atoms with Crippen molar-refractivity contribution in [3.63, 3.8) is 0 Å². The van der Waals surface area contributed by atoms with Gasteiger partial charge in [-0.25, -0.2) is 5.43 Å². The highest BCUT2D eigenvalue weighted by Gasteiger charge is 2.07. The van der Waals surface area contributed by atoms with Crippen molar-refractivity contribution in [2.24, 2.45) is 5.10 Å². The van der Waals surface area contributed by atoms with Crippen LogP contribution in [0.3, 0.4) is 0 Å². The average molecular weight is 492 g/mol. The maximum Gasteiger partial charge on any atom is 0.271 e. The fraction of sp³-hybridized carbons (Fsp3) is 0.0909. The summed E-state index contributed by atoms with van der Waals surface area (Å²) >= 11 is 15.6. The van der Waals surface area contributed by atoms with Crippen LogP contribution in [0.5, 0.6) is 5.75 Å². The van der Waals surface area contributed by atoms with Crippen molar-refractivity contribution in [1.82, 2.24) is 5.43 Å². The molecule has 0 fully saturated rings. The molecule has 0 saturated heterocycles. The predicted molar refractivity (Wildman–Crippen MR) is 121 cm³/mol. The van der Waals surface area contributed by atoms with Gasteiger partial charge in [0.25, 0.3) is 5.91 Å². The van der Waals surface area contributed by atoms with Gasteiger partial charge in [-0.05, 0) is 70.4 Å². The van der Waals surface area contributed by atoms with E-state index >= 15 is 0 Å². The van der Waals surface area contributed by atoms with Gasteiger partial charge in [0.1, 0.15) is 12.4 Å². The lowest BCUT2D eigenvalue weighted by molar-refractivity contribution is 0.0954. The molecule has 0 saturated carbocycles. The number of carbonyl (C=O) groups is 1. The molecule has 4 nitrogen and oxygen atoms in total. The van der Waals surface area contributed by atoms with Crippen LogP contribution in [-0.4, -0.2) is 12.1 Å². The number of halogens is 3. The molecule has 3 rings (SSSR count). The molecule has 29 heavy (non-hydrogen) atoms. The molecule has 0 aliphatic rings. The highest BCUT2D eigenvalue weighted by Crippen LogP contribution is 2.28. The van der Waals surface area contributed by atoms with E-state index in [-0.39, 0.29) is 5.91 Å². The lowest BCUT2D eigenvalue weighted by Gasteiger charge is -2.10. The Hall–Kier alpha value is -2.34. The summed E-state index contributed by atoms with van der Waals surface area (Å²) in [5.41, 5.74) is 5.67. The molecule has 148 valence electrons. The van der Waals surface area contributed by atoms with Crippen LogP contribution < -0.4 is 10.2 Å². The average Bonchev–Trinajstić information content (AvgIpc) is 2.69. The van der Waals surface area contributed by atoms with Gasteiger partial charge < -0.3 is 4.74 Å². The van der Waals surface area contributed by atoms with Gasteiger partial charge in [-0.3, -0.25) is 4.79 Å². The minimum atomic E-state index is -0.252. The van der Waals surface area contributed by atoms with Crippen molar-refractivity contribution in [2.75, 3.05) is 0 Å². The number of rotatable bonds is 6. The summed E-state index contributed by atoms with van der Waals surface area (Å²) in [7, 11) is 0. The quantitative estimate of drug-likeness (QED) is 0.320. The van der Waals surface area contributed by atoms with E-state index in [9.17, 15) is 4.79 Å².